The highest BCUT2D eigenvalue weighted by Crippen LogP contribution is 2.17. The van der Waals surface area contributed by atoms with Crippen LogP contribution in [0, 0.1) is 11.8 Å². The summed E-state index contributed by atoms with van der Waals surface area (Å²) in [5.41, 5.74) is 0. The molecule has 78 valence electrons. The van der Waals surface area contributed by atoms with Crippen molar-refractivity contribution in [1.29, 1.82) is 0 Å². The van der Waals surface area contributed by atoms with E-state index in [0.717, 1.165) is 6.42 Å². The first kappa shape index (κ1) is 15.5. The van der Waals surface area contributed by atoms with Gasteiger partial charge in [0.25, 0.3) is 0 Å². The first-order valence-electron chi connectivity index (χ1n) is 4.69. The van der Waals surface area contributed by atoms with E-state index in [9.17, 15) is 4.79 Å². The molecule has 2 nitrogen and oxygen atoms in total. The molecule has 0 aromatic carbocycles. The average molecular weight is 202 g/mol. The zero-order chi connectivity index (χ0) is 9.72. The van der Waals surface area contributed by atoms with E-state index in [2.05, 4.69) is 13.8 Å². The van der Waals surface area contributed by atoms with Crippen molar-refractivity contribution in [3.63, 3.8) is 0 Å². The second kappa shape index (κ2) is 7.41. The van der Waals surface area contributed by atoms with Crippen LogP contribution in [0.1, 0.15) is 41.0 Å². The normalized spacial score (nSPS) is 12.5. The van der Waals surface area contributed by atoms with Crippen LogP contribution in [0.25, 0.3) is 0 Å². The van der Waals surface area contributed by atoms with Gasteiger partial charge in [0.1, 0.15) is 0 Å². The number of hydrogen-bond donors (Lipinski definition) is 0. The van der Waals surface area contributed by atoms with E-state index in [4.69, 9.17) is 4.74 Å². The minimum absolute atomic E-state index is 0. The topological polar surface area (TPSA) is 26.3 Å². The molecule has 0 aromatic rings. The molecule has 13 heavy (non-hydrogen) atoms. The fraction of sp³-hybridized carbons (Fsp3) is 0.900. The minimum atomic E-state index is -0.0532. The molecule has 3 heteroatoms. The Labute approximate surface area is 92.2 Å². The summed E-state index contributed by atoms with van der Waals surface area (Å²) in [7, 11) is 0. The Balaban J connectivity index is 0. The van der Waals surface area contributed by atoms with Crippen LogP contribution in [0.4, 0.5) is 0 Å². The molecule has 1 unspecified atom stereocenters. The van der Waals surface area contributed by atoms with Crippen LogP contribution in [0.5, 0.6) is 0 Å². The number of rotatable bonds is 4. The molecule has 0 spiro atoms. The maximum absolute atomic E-state index is 11.4. The number of esters is 1. The Bertz CT molecular complexity index is 144. The van der Waals surface area contributed by atoms with Crippen LogP contribution in [0.15, 0.2) is 0 Å². The molecule has 0 bridgehead atoms. The van der Waals surface area contributed by atoms with Crippen LogP contribution in [0.3, 0.4) is 0 Å². The number of ether oxygens (including phenoxy) is 1. The second-order valence-corrected chi connectivity index (χ2v) is 3.74. The van der Waals surface area contributed by atoms with Crippen LogP contribution < -0.4 is 0 Å². The number of carbonyl (C=O) groups is 1. The molecule has 0 aromatic heterocycles. The zero-order valence-corrected chi connectivity index (χ0v) is 8.76. The van der Waals surface area contributed by atoms with Gasteiger partial charge in [0.15, 0.2) is 17.4 Å². The highest BCUT2D eigenvalue weighted by atomic mass is 27.0. The van der Waals surface area contributed by atoms with Crippen molar-refractivity contribution < 1.29 is 9.53 Å². The summed E-state index contributed by atoms with van der Waals surface area (Å²) in [5, 5.41) is 0. The largest absolute Gasteiger partial charge is 0.463 e. The van der Waals surface area contributed by atoms with Gasteiger partial charge in [0.05, 0.1) is 12.0 Å². The van der Waals surface area contributed by atoms with Crippen LogP contribution >= 0.6 is 0 Å². The predicted octanol–water partition coefficient (Wildman–Crippen LogP) is 1.44. The van der Waals surface area contributed by atoms with Crippen molar-refractivity contribution in [2.45, 2.75) is 47.1 Å². The summed E-state index contributed by atoms with van der Waals surface area (Å²) < 4.78 is 5.13. The molecule has 0 N–H and O–H groups in total. The molecule has 0 saturated carbocycles. The van der Waals surface area contributed by atoms with Crippen LogP contribution in [0.2, 0.25) is 0 Å². The van der Waals surface area contributed by atoms with Crippen molar-refractivity contribution in [2.75, 3.05) is 0 Å². The van der Waals surface area contributed by atoms with E-state index in [1.54, 1.807) is 0 Å². The van der Waals surface area contributed by atoms with E-state index in [1.807, 2.05) is 20.8 Å². The summed E-state index contributed by atoms with van der Waals surface area (Å²) in [6, 6.07) is 0. The highest BCUT2D eigenvalue weighted by Gasteiger charge is 2.21. The molecule has 0 aliphatic rings. The third kappa shape index (κ3) is 6.12. The molecule has 0 aliphatic carbocycles. The summed E-state index contributed by atoms with van der Waals surface area (Å²) in [6.45, 7) is 9.88. The minimum Gasteiger partial charge on any atom is -0.463 e. The standard InChI is InChI=1S/C10H20O2.Al.3H/c1-6-9(7(2)3)10(11)12-8(4)5;;;;/h7-9H,6H2,1-5H3;;;;. The van der Waals surface area contributed by atoms with Gasteiger partial charge in [-0.05, 0) is 26.2 Å². The van der Waals surface area contributed by atoms with Gasteiger partial charge in [0.2, 0.25) is 0 Å². The fourth-order valence-electron chi connectivity index (χ4n) is 1.23. The van der Waals surface area contributed by atoms with Gasteiger partial charge in [-0.15, -0.1) is 0 Å². The van der Waals surface area contributed by atoms with E-state index in [1.165, 1.54) is 0 Å². The maximum Gasteiger partial charge on any atom is 0.309 e. The van der Waals surface area contributed by atoms with E-state index in [-0.39, 0.29) is 35.4 Å². The van der Waals surface area contributed by atoms with Crippen LogP contribution in [-0.2, 0) is 9.53 Å². The van der Waals surface area contributed by atoms with Crippen LogP contribution in [-0.4, -0.2) is 29.4 Å². The zero-order valence-electron chi connectivity index (χ0n) is 8.76. The first-order chi connectivity index (χ1) is 5.49. The Morgan fingerprint density at radius 1 is 1.23 bits per heavy atom. The third-order valence-corrected chi connectivity index (χ3v) is 1.90. The van der Waals surface area contributed by atoms with E-state index >= 15 is 0 Å². The smallest absolute Gasteiger partial charge is 0.309 e. The van der Waals surface area contributed by atoms with Gasteiger partial charge in [-0.25, -0.2) is 0 Å². The third-order valence-electron chi connectivity index (χ3n) is 1.90. The van der Waals surface area contributed by atoms with Crippen molar-refractivity contribution in [3.8, 4) is 0 Å². The molecular formula is C10H23AlO2. The lowest BCUT2D eigenvalue weighted by Crippen LogP contribution is -2.24. The summed E-state index contributed by atoms with van der Waals surface area (Å²) in [6.07, 6.45) is 0.869. The van der Waals surface area contributed by atoms with Gasteiger partial charge in [-0.2, -0.15) is 0 Å². The molecule has 0 rings (SSSR count). The first-order valence-corrected chi connectivity index (χ1v) is 4.69. The quantitative estimate of drug-likeness (QED) is 0.509. The lowest BCUT2D eigenvalue weighted by molar-refractivity contribution is -0.154. The van der Waals surface area contributed by atoms with Crippen molar-refractivity contribution in [1.82, 2.24) is 0 Å². The monoisotopic (exact) mass is 202 g/mol. The predicted molar refractivity (Wildman–Crippen MR) is 59.8 cm³/mol. The summed E-state index contributed by atoms with van der Waals surface area (Å²) in [4.78, 5) is 11.4. The van der Waals surface area contributed by atoms with Gasteiger partial charge < -0.3 is 4.74 Å². The Morgan fingerprint density at radius 3 is 1.92 bits per heavy atom. The van der Waals surface area contributed by atoms with Gasteiger partial charge in [-0.3, -0.25) is 4.79 Å². The Morgan fingerprint density at radius 2 is 1.69 bits per heavy atom. The van der Waals surface area contributed by atoms with Crippen molar-refractivity contribution in [3.05, 3.63) is 0 Å². The van der Waals surface area contributed by atoms with E-state index in [0.29, 0.717) is 5.92 Å². The average Bonchev–Trinajstić information content (AvgIpc) is 1.85. The molecule has 0 heterocycles. The van der Waals surface area contributed by atoms with Gasteiger partial charge in [-0.1, -0.05) is 20.8 Å². The molecule has 0 radical (unpaired) electrons. The molecular weight excluding hydrogens is 179 g/mol. The fourth-order valence-corrected chi connectivity index (χ4v) is 1.23. The lowest BCUT2D eigenvalue weighted by Gasteiger charge is -2.18. The molecule has 1 atom stereocenters. The molecule has 0 amide bonds. The van der Waals surface area contributed by atoms with Gasteiger partial charge >= 0.3 is 5.97 Å². The Kier molecular flexibility index (Phi) is 8.82. The maximum atomic E-state index is 11.4. The second-order valence-electron chi connectivity index (χ2n) is 3.74. The summed E-state index contributed by atoms with van der Waals surface area (Å²) >= 11 is 0. The SMILES string of the molecule is CCC(C(=O)OC(C)C)C(C)C.[AlH3]. The lowest BCUT2D eigenvalue weighted by atomic mass is 9.93. The molecule has 0 fully saturated rings. The summed E-state index contributed by atoms with van der Waals surface area (Å²) in [5.74, 6) is 0.385. The molecule has 0 saturated heterocycles. The Hall–Kier alpha value is 0.00247. The van der Waals surface area contributed by atoms with Crippen molar-refractivity contribution in [2.24, 2.45) is 11.8 Å². The number of hydrogen-bond acceptors (Lipinski definition) is 2. The number of carbonyl (C=O) groups excluding carboxylic acids is 1. The van der Waals surface area contributed by atoms with Crippen molar-refractivity contribution >= 4 is 23.3 Å². The van der Waals surface area contributed by atoms with Gasteiger partial charge in [0, 0.05) is 0 Å². The highest BCUT2D eigenvalue weighted by molar-refractivity contribution is 5.75. The molecule has 0 aliphatic heterocycles. The van der Waals surface area contributed by atoms with E-state index < -0.39 is 0 Å².